The van der Waals surface area contributed by atoms with Gasteiger partial charge in [0, 0.05) is 6.54 Å². The van der Waals surface area contributed by atoms with E-state index in [1.807, 2.05) is 31.2 Å². The lowest BCUT2D eigenvalue weighted by atomic mass is 10.0. The van der Waals surface area contributed by atoms with Gasteiger partial charge in [-0.25, -0.2) is 0 Å². The highest BCUT2D eigenvalue weighted by Gasteiger charge is 2.24. The quantitative estimate of drug-likeness (QED) is 0.776. The van der Waals surface area contributed by atoms with Gasteiger partial charge in [0.15, 0.2) is 0 Å². The van der Waals surface area contributed by atoms with Crippen LogP contribution in [0.4, 0.5) is 0 Å². The summed E-state index contributed by atoms with van der Waals surface area (Å²) in [6, 6.07) is 7.89. The molecule has 4 nitrogen and oxygen atoms in total. The van der Waals surface area contributed by atoms with Gasteiger partial charge >= 0.3 is 0 Å². The average molecular weight is 220 g/mol. The number of hydrogen-bond acceptors (Lipinski definition) is 3. The van der Waals surface area contributed by atoms with Crippen molar-refractivity contribution in [1.82, 2.24) is 10.6 Å². The molecule has 1 aromatic rings. The number of amides is 1. The van der Waals surface area contributed by atoms with E-state index in [1.165, 1.54) is 0 Å². The molecule has 0 aliphatic carbocycles. The number of carbonyl (C=O) groups excluding carboxylic acids is 1. The van der Waals surface area contributed by atoms with Gasteiger partial charge in [-0.05, 0) is 24.6 Å². The molecule has 2 unspecified atom stereocenters. The Balaban J connectivity index is 2.15. The Bertz CT molecular complexity index is 392. The van der Waals surface area contributed by atoms with E-state index in [0.717, 1.165) is 11.3 Å². The maximum atomic E-state index is 11.3. The highest BCUT2D eigenvalue weighted by Crippen LogP contribution is 2.20. The van der Waals surface area contributed by atoms with E-state index >= 15 is 0 Å². The summed E-state index contributed by atoms with van der Waals surface area (Å²) in [5, 5.41) is 6.14. The normalized spacial score (nSPS) is 25.0. The number of piperazine rings is 1. The van der Waals surface area contributed by atoms with Crippen LogP contribution in [0, 0.1) is 0 Å². The van der Waals surface area contributed by atoms with Crippen LogP contribution in [-0.4, -0.2) is 25.6 Å². The molecule has 1 saturated heterocycles. The third-order valence-electron chi connectivity index (χ3n) is 2.82. The van der Waals surface area contributed by atoms with Gasteiger partial charge < -0.3 is 10.1 Å². The molecule has 1 amide bonds. The fourth-order valence-electron chi connectivity index (χ4n) is 1.86. The van der Waals surface area contributed by atoms with Crippen LogP contribution in [0.15, 0.2) is 24.3 Å². The largest absolute Gasteiger partial charge is 0.497 e. The second kappa shape index (κ2) is 4.53. The van der Waals surface area contributed by atoms with E-state index in [1.54, 1.807) is 7.11 Å². The zero-order valence-corrected chi connectivity index (χ0v) is 9.49. The molecule has 2 N–H and O–H groups in total. The van der Waals surface area contributed by atoms with Gasteiger partial charge in [-0.3, -0.25) is 10.1 Å². The summed E-state index contributed by atoms with van der Waals surface area (Å²) in [7, 11) is 1.65. The minimum Gasteiger partial charge on any atom is -0.497 e. The van der Waals surface area contributed by atoms with Crippen LogP contribution >= 0.6 is 0 Å². The molecule has 1 fully saturated rings. The van der Waals surface area contributed by atoms with E-state index in [0.29, 0.717) is 6.54 Å². The fraction of sp³-hybridized carbons (Fsp3) is 0.417. The van der Waals surface area contributed by atoms with Gasteiger partial charge in [-0.2, -0.15) is 0 Å². The lowest BCUT2D eigenvalue weighted by molar-refractivity contribution is -0.124. The Morgan fingerprint density at radius 2 is 2.25 bits per heavy atom. The summed E-state index contributed by atoms with van der Waals surface area (Å²) in [6.07, 6.45) is 0. The molecule has 1 heterocycles. The molecule has 1 aliphatic heterocycles. The predicted molar refractivity (Wildman–Crippen MR) is 61.3 cm³/mol. The summed E-state index contributed by atoms with van der Waals surface area (Å²) in [6.45, 7) is 2.48. The maximum absolute atomic E-state index is 11.3. The molecule has 2 atom stereocenters. The van der Waals surface area contributed by atoms with Crippen molar-refractivity contribution >= 4 is 5.91 Å². The Labute approximate surface area is 95.0 Å². The van der Waals surface area contributed by atoms with Crippen molar-refractivity contribution in [3.8, 4) is 5.75 Å². The number of methoxy groups -OCH3 is 1. The van der Waals surface area contributed by atoms with Crippen LogP contribution in [0.1, 0.15) is 18.5 Å². The van der Waals surface area contributed by atoms with E-state index in [-0.39, 0.29) is 18.0 Å². The summed E-state index contributed by atoms with van der Waals surface area (Å²) in [5.74, 6) is 0.892. The Hall–Kier alpha value is -1.55. The van der Waals surface area contributed by atoms with Crippen molar-refractivity contribution in [3.05, 3.63) is 29.8 Å². The first-order valence-corrected chi connectivity index (χ1v) is 5.38. The van der Waals surface area contributed by atoms with E-state index in [2.05, 4.69) is 10.6 Å². The molecule has 86 valence electrons. The number of benzene rings is 1. The number of nitrogens with one attached hydrogen (secondary N) is 2. The zero-order valence-electron chi connectivity index (χ0n) is 9.49. The number of ether oxygens (including phenoxy) is 1. The van der Waals surface area contributed by atoms with Gasteiger partial charge in [-0.1, -0.05) is 12.1 Å². The molecule has 16 heavy (non-hydrogen) atoms. The van der Waals surface area contributed by atoms with E-state index in [9.17, 15) is 4.79 Å². The van der Waals surface area contributed by atoms with Gasteiger partial charge in [0.25, 0.3) is 0 Å². The molecule has 4 heteroatoms. The molecular formula is C12H16N2O2. The minimum absolute atomic E-state index is 0.0548. The second-order valence-electron chi connectivity index (χ2n) is 3.96. The van der Waals surface area contributed by atoms with Gasteiger partial charge in [0.05, 0.1) is 19.2 Å². The molecule has 0 aromatic heterocycles. The molecule has 0 radical (unpaired) electrons. The second-order valence-corrected chi connectivity index (χ2v) is 3.96. The Morgan fingerprint density at radius 1 is 1.44 bits per heavy atom. The van der Waals surface area contributed by atoms with E-state index in [4.69, 9.17) is 4.74 Å². The molecule has 0 saturated carbocycles. The van der Waals surface area contributed by atoms with E-state index < -0.39 is 0 Å². The number of rotatable bonds is 2. The van der Waals surface area contributed by atoms with Crippen molar-refractivity contribution in [1.29, 1.82) is 0 Å². The van der Waals surface area contributed by atoms with Crippen LogP contribution < -0.4 is 15.4 Å². The SMILES string of the molecule is COc1cccc(C2CNC(=O)C(C)N2)c1. The first-order valence-electron chi connectivity index (χ1n) is 5.38. The topological polar surface area (TPSA) is 50.4 Å². The van der Waals surface area contributed by atoms with Gasteiger partial charge in [-0.15, -0.1) is 0 Å². The smallest absolute Gasteiger partial charge is 0.236 e. The first kappa shape index (κ1) is 11.0. The van der Waals surface area contributed by atoms with Gasteiger partial charge in [0.2, 0.25) is 5.91 Å². The minimum atomic E-state index is -0.148. The molecule has 0 spiro atoms. The zero-order chi connectivity index (χ0) is 11.5. The fourth-order valence-corrected chi connectivity index (χ4v) is 1.86. The lowest BCUT2D eigenvalue weighted by Crippen LogP contribution is -2.52. The third kappa shape index (κ3) is 2.17. The molecule has 1 aliphatic rings. The standard InChI is InChI=1S/C12H16N2O2/c1-8-12(15)13-7-11(14-8)9-4-3-5-10(6-9)16-2/h3-6,8,11,14H,7H2,1-2H3,(H,13,15). The predicted octanol–water partition coefficient (Wildman–Crippen LogP) is 0.844. The lowest BCUT2D eigenvalue weighted by Gasteiger charge is -2.29. The molecule has 2 rings (SSSR count). The summed E-state index contributed by atoms with van der Waals surface area (Å²) >= 11 is 0. The van der Waals surface area contributed by atoms with Crippen LogP contribution in [0.2, 0.25) is 0 Å². The van der Waals surface area contributed by atoms with Crippen LogP contribution in [0.5, 0.6) is 5.75 Å². The number of carbonyl (C=O) groups is 1. The molecule has 0 bridgehead atoms. The summed E-state index contributed by atoms with van der Waals surface area (Å²) in [4.78, 5) is 11.3. The molecular weight excluding hydrogens is 204 g/mol. The average Bonchev–Trinajstić information content (AvgIpc) is 2.33. The monoisotopic (exact) mass is 220 g/mol. The Kier molecular flexibility index (Phi) is 3.10. The van der Waals surface area contributed by atoms with Crippen LogP contribution in [-0.2, 0) is 4.79 Å². The van der Waals surface area contributed by atoms with Crippen molar-refractivity contribution in [2.24, 2.45) is 0 Å². The Morgan fingerprint density at radius 3 is 2.94 bits per heavy atom. The molecule has 1 aromatic carbocycles. The van der Waals surface area contributed by atoms with Crippen molar-refractivity contribution < 1.29 is 9.53 Å². The maximum Gasteiger partial charge on any atom is 0.236 e. The van der Waals surface area contributed by atoms with Gasteiger partial charge in [0.1, 0.15) is 5.75 Å². The van der Waals surface area contributed by atoms with Crippen molar-refractivity contribution in [3.63, 3.8) is 0 Å². The number of hydrogen-bond donors (Lipinski definition) is 2. The van der Waals surface area contributed by atoms with Crippen LogP contribution in [0.3, 0.4) is 0 Å². The third-order valence-corrected chi connectivity index (χ3v) is 2.82. The summed E-state index contributed by atoms with van der Waals surface area (Å²) < 4.78 is 5.18. The summed E-state index contributed by atoms with van der Waals surface area (Å²) in [5.41, 5.74) is 1.13. The van der Waals surface area contributed by atoms with Crippen molar-refractivity contribution in [2.75, 3.05) is 13.7 Å². The first-order chi connectivity index (χ1) is 7.70. The van der Waals surface area contributed by atoms with Crippen LogP contribution in [0.25, 0.3) is 0 Å². The highest BCUT2D eigenvalue weighted by molar-refractivity contribution is 5.82. The highest BCUT2D eigenvalue weighted by atomic mass is 16.5. The van der Waals surface area contributed by atoms with Crippen molar-refractivity contribution in [2.45, 2.75) is 19.0 Å².